The predicted molar refractivity (Wildman–Crippen MR) is 141 cm³/mol. The molecule has 0 spiro atoms. The average Bonchev–Trinajstić information content (AvgIpc) is 2.87. The van der Waals surface area contributed by atoms with Gasteiger partial charge in [0.15, 0.2) is 0 Å². The number of rotatable bonds is 6. The summed E-state index contributed by atoms with van der Waals surface area (Å²) in [7, 11) is 2.18. The van der Waals surface area contributed by atoms with Gasteiger partial charge < -0.3 is 20.8 Å². The van der Waals surface area contributed by atoms with E-state index in [0.29, 0.717) is 31.9 Å². The smallest absolute Gasteiger partial charge is 0.220 e. The van der Waals surface area contributed by atoms with Crippen LogP contribution in [0.5, 0.6) is 0 Å². The quantitative estimate of drug-likeness (QED) is 0.457. The van der Waals surface area contributed by atoms with Gasteiger partial charge in [0, 0.05) is 12.0 Å². The van der Waals surface area contributed by atoms with Gasteiger partial charge in [-0.3, -0.25) is 0 Å². The van der Waals surface area contributed by atoms with Crippen molar-refractivity contribution < 1.29 is 9.23 Å². The Hall–Kier alpha value is -3.26. The lowest BCUT2D eigenvalue weighted by atomic mass is 9.78. The number of nitrogen functional groups attached to an aromatic ring is 1. The molecule has 1 aliphatic carbocycles. The molecule has 1 fully saturated rings. The van der Waals surface area contributed by atoms with Gasteiger partial charge in [0.25, 0.3) is 0 Å². The van der Waals surface area contributed by atoms with Crippen LogP contribution in [0.2, 0.25) is 0 Å². The third-order valence-corrected chi connectivity index (χ3v) is 7.49. The van der Waals surface area contributed by atoms with Gasteiger partial charge in [-0.05, 0) is 93.4 Å². The van der Waals surface area contributed by atoms with Crippen LogP contribution in [0, 0.1) is 18.7 Å². The van der Waals surface area contributed by atoms with Gasteiger partial charge in [-0.25, -0.2) is 14.4 Å². The molecule has 2 N–H and O–H groups in total. The van der Waals surface area contributed by atoms with E-state index in [4.69, 9.17) is 10.6 Å². The largest absolute Gasteiger partial charge is 0.687 e. The Morgan fingerprint density at radius 2 is 2.06 bits per heavy atom. The van der Waals surface area contributed by atoms with Crippen LogP contribution in [0.25, 0.3) is 10.9 Å². The van der Waals surface area contributed by atoms with E-state index in [2.05, 4.69) is 32.4 Å². The second-order valence-corrected chi connectivity index (χ2v) is 10.1. The summed E-state index contributed by atoms with van der Waals surface area (Å²) in [6.45, 7) is 5.46. The molecule has 1 saturated heterocycles. The summed E-state index contributed by atoms with van der Waals surface area (Å²) in [6.07, 6.45) is 10.6. The topological polar surface area (TPSA) is 90.7 Å². The molecule has 3 heterocycles. The molecule has 0 bridgehead atoms. The minimum absolute atomic E-state index is 0.0502. The molecule has 8 heteroatoms. The van der Waals surface area contributed by atoms with Gasteiger partial charge in [0.05, 0.1) is 17.1 Å². The first-order valence-corrected chi connectivity index (χ1v) is 12.8. The normalized spacial score (nSPS) is 21.7. The number of piperidine rings is 1. The van der Waals surface area contributed by atoms with E-state index in [9.17, 15) is 4.39 Å². The SMILES string of the molecule is Cc1nc(N)nc2c1/C(=N/OCCC1CCN(C)CC1)CC(c1ccc(F)cc1C1=C[N-]CC=C1)C2. The number of allylic oxidation sites excluding steroid dienone is 2. The average molecular weight is 490 g/mol. The van der Waals surface area contributed by atoms with E-state index in [1.807, 2.05) is 31.3 Å². The third kappa shape index (κ3) is 5.43. The van der Waals surface area contributed by atoms with Crippen molar-refractivity contribution in [1.82, 2.24) is 14.9 Å². The first-order valence-electron chi connectivity index (χ1n) is 12.8. The third-order valence-electron chi connectivity index (χ3n) is 7.49. The Bertz CT molecular complexity index is 1200. The number of oxime groups is 1. The summed E-state index contributed by atoms with van der Waals surface area (Å²) in [4.78, 5) is 17.2. The minimum Gasteiger partial charge on any atom is -0.687 e. The van der Waals surface area contributed by atoms with Crippen molar-refractivity contribution in [2.75, 3.05) is 39.0 Å². The lowest BCUT2D eigenvalue weighted by Crippen LogP contribution is -2.30. The maximum Gasteiger partial charge on any atom is 0.220 e. The van der Waals surface area contributed by atoms with E-state index in [-0.39, 0.29) is 17.7 Å². The second kappa shape index (κ2) is 10.8. The highest BCUT2D eigenvalue weighted by Crippen LogP contribution is 2.38. The fourth-order valence-electron chi connectivity index (χ4n) is 5.54. The molecule has 2 aliphatic heterocycles. The van der Waals surface area contributed by atoms with Crippen molar-refractivity contribution in [3.8, 4) is 0 Å². The molecule has 190 valence electrons. The molecule has 0 saturated carbocycles. The number of nitrogens with zero attached hydrogens (tertiary/aromatic N) is 5. The summed E-state index contributed by atoms with van der Waals surface area (Å²) in [5.41, 5.74) is 12.3. The molecule has 1 atom stereocenters. The summed E-state index contributed by atoms with van der Waals surface area (Å²) in [6, 6.07) is 4.99. The number of anilines is 1. The number of hydrogen-bond acceptors (Lipinski definition) is 6. The van der Waals surface area contributed by atoms with Gasteiger partial charge >= 0.3 is 0 Å². The van der Waals surface area contributed by atoms with Gasteiger partial charge in [-0.15, -0.1) is 12.6 Å². The van der Waals surface area contributed by atoms with Crippen LogP contribution in [0.3, 0.4) is 0 Å². The van der Waals surface area contributed by atoms with Gasteiger partial charge in [-0.1, -0.05) is 17.3 Å². The van der Waals surface area contributed by atoms with Crippen LogP contribution >= 0.6 is 0 Å². The number of hydrogen-bond donors (Lipinski definition) is 1. The molecule has 5 rings (SSSR count). The van der Waals surface area contributed by atoms with Crippen LogP contribution < -0.4 is 5.73 Å². The lowest BCUT2D eigenvalue weighted by Gasteiger charge is -2.29. The standard InChI is InChI=1S/C28H34FN6O/c1-18-27-25(33-28(30)32-18)14-21(15-26(27)34-36-13-9-19-7-11-35(2)12-8-19)23-6-5-22(29)16-24(23)20-4-3-10-31-17-20/h3-6,16-17,19,21H,7-15H2,1-2H3,(H2,30,32,33)/q-1/b34-26+. The lowest BCUT2D eigenvalue weighted by molar-refractivity contribution is 0.112. The fraction of sp³-hybridized carbons (Fsp3) is 0.464. The van der Waals surface area contributed by atoms with Gasteiger partial charge in [-0.2, -0.15) is 6.20 Å². The molecule has 3 aliphatic rings. The molecule has 2 aromatic rings. The molecule has 7 nitrogen and oxygen atoms in total. The molecular formula is C28H34FN6O-. The van der Waals surface area contributed by atoms with Crippen LogP contribution in [0.4, 0.5) is 10.3 Å². The Kier molecular flexibility index (Phi) is 7.32. The number of fused-ring (bicyclic) bond motifs is 1. The Balaban J connectivity index is 1.41. The highest BCUT2D eigenvalue weighted by atomic mass is 19.1. The van der Waals surface area contributed by atoms with Crippen molar-refractivity contribution in [2.24, 2.45) is 11.1 Å². The van der Waals surface area contributed by atoms with Crippen LogP contribution in [0.1, 0.15) is 59.7 Å². The number of nitrogens with two attached hydrogens (primary N) is 1. The van der Waals surface area contributed by atoms with Gasteiger partial charge in [0.1, 0.15) is 12.4 Å². The molecule has 1 unspecified atom stereocenters. The number of likely N-dealkylation sites (tertiary alicyclic amines) is 1. The maximum absolute atomic E-state index is 14.3. The van der Waals surface area contributed by atoms with E-state index >= 15 is 0 Å². The Morgan fingerprint density at radius 3 is 2.83 bits per heavy atom. The zero-order valence-electron chi connectivity index (χ0n) is 21.1. The highest BCUT2D eigenvalue weighted by Gasteiger charge is 2.30. The van der Waals surface area contributed by atoms with E-state index < -0.39 is 0 Å². The van der Waals surface area contributed by atoms with Crippen molar-refractivity contribution in [3.63, 3.8) is 0 Å². The van der Waals surface area contributed by atoms with Gasteiger partial charge in [0.2, 0.25) is 5.95 Å². The Labute approximate surface area is 212 Å². The van der Waals surface area contributed by atoms with Crippen molar-refractivity contribution >= 4 is 17.2 Å². The Morgan fingerprint density at radius 1 is 1.22 bits per heavy atom. The van der Waals surface area contributed by atoms with Crippen molar-refractivity contribution in [1.29, 1.82) is 0 Å². The highest BCUT2D eigenvalue weighted by molar-refractivity contribution is 6.03. The summed E-state index contributed by atoms with van der Waals surface area (Å²) in [5.74, 6) is 0.722. The van der Waals surface area contributed by atoms with E-state index in [0.717, 1.165) is 58.9 Å². The number of aryl methyl sites for hydroxylation is 1. The molecule has 1 aromatic heterocycles. The zero-order chi connectivity index (χ0) is 25.1. The number of halogens is 1. The van der Waals surface area contributed by atoms with Crippen LogP contribution in [0.15, 0.2) is 41.7 Å². The molecule has 0 radical (unpaired) electrons. The van der Waals surface area contributed by atoms with Crippen molar-refractivity contribution in [2.45, 2.75) is 44.9 Å². The molecule has 36 heavy (non-hydrogen) atoms. The van der Waals surface area contributed by atoms with Crippen molar-refractivity contribution in [3.05, 3.63) is 75.8 Å². The second-order valence-electron chi connectivity index (χ2n) is 10.1. The zero-order valence-corrected chi connectivity index (χ0v) is 21.1. The first-order chi connectivity index (χ1) is 17.5. The van der Waals surface area contributed by atoms with E-state index in [1.54, 1.807) is 6.07 Å². The van der Waals surface area contributed by atoms with Crippen LogP contribution in [-0.4, -0.2) is 53.9 Å². The summed E-state index contributed by atoms with van der Waals surface area (Å²) in [5, 5.41) is 8.98. The minimum atomic E-state index is -0.265. The summed E-state index contributed by atoms with van der Waals surface area (Å²) >= 11 is 0. The fourth-order valence-corrected chi connectivity index (χ4v) is 5.54. The number of benzene rings is 1. The monoisotopic (exact) mass is 489 g/mol. The maximum atomic E-state index is 14.3. The first kappa shape index (κ1) is 24.4. The summed E-state index contributed by atoms with van der Waals surface area (Å²) < 4.78 is 14.3. The number of aromatic nitrogens is 2. The molecule has 1 aromatic carbocycles. The molecule has 0 amide bonds. The van der Waals surface area contributed by atoms with Crippen LogP contribution in [-0.2, 0) is 11.3 Å². The molecular weight excluding hydrogens is 455 g/mol. The van der Waals surface area contributed by atoms with E-state index in [1.165, 1.54) is 18.9 Å². The predicted octanol–water partition coefficient (Wildman–Crippen LogP) is 4.97.